The topological polar surface area (TPSA) is 191 Å². The summed E-state index contributed by atoms with van der Waals surface area (Å²) in [5.74, 6) is 4.02. The highest BCUT2D eigenvalue weighted by atomic mass is 16.5. The average molecular weight is 674 g/mol. The summed E-state index contributed by atoms with van der Waals surface area (Å²) >= 11 is 0. The highest BCUT2D eigenvalue weighted by Gasteiger charge is 2.31. The Bertz CT molecular complexity index is 1260. The summed E-state index contributed by atoms with van der Waals surface area (Å²) in [6.07, 6.45) is 8.97. The van der Waals surface area contributed by atoms with Crippen molar-refractivity contribution in [3.8, 4) is 12.3 Å². The quantitative estimate of drug-likeness (QED) is 0.112. The summed E-state index contributed by atoms with van der Waals surface area (Å²) in [7, 11) is 0. The molecule has 0 radical (unpaired) electrons. The number of hydrogen-bond acceptors (Lipinski definition) is 15. The van der Waals surface area contributed by atoms with Gasteiger partial charge in [-0.15, -0.1) is 11.5 Å². The number of aliphatic hydroxyl groups excluding tert-OH is 1. The van der Waals surface area contributed by atoms with Crippen LogP contribution in [0.25, 0.3) is 0 Å². The summed E-state index contributed by atoms with van der Waals surface area (Å²) in [6, 6.07) is -0.485. The number of terminal acetylenes is 1. The average Bonchev–Trinajstić information content (AvgIpc) is 3.56. The van der Waals surface area contributed by atoms with Crippen LogP contribution in [0.4, 0.5) is 17.8 Å². The van der Waals surface area contributed by atoms with E-state index in [0.29, 0.717) is 135 Å². The minimum atomic E-state index is -0.542. The number of carbonyl (C=O) groups is 1. The molecule has 0 aromatic carbocycles. The molecule has 0 spiro atoms. The Kier molecular flexibility index (Phi) is 16.0. The van der Waals surface area contributed by atoms with E-state index in [2.05, 4.69) is 36.3 Å². The van der Waals surface area contributed by atoms with Crippen molar-refractivity contribution < 1.29 is 28.8 Å². The number of piperazine rings is 1. The van der Waals surface area contributed by atoms with Crippen molar-refractivity contribution in [2.75, 3.05) is 120 Å². The standard InChI is InChI=1S/C31H51N11O6/c1-3-15-45-19-21-48-22-20-46-16-8-33-29-34-30(36-31(35-29)41-13-17-47-18-14-41)40-11-9-39(10-12-40)28(44)27(6-4-5-7-32)42-24-26(37-38-42)23-25(2)43/h1,24-25,27,43H,4-23,32H2,2H3,(H,33,34,35,36)/t25?,27-/m0/s1. The molecule has 2 aliphatic rings. The Hall–Kier alpha value is -3.66. The number of hydrogen-bond donors (Lipinski definition) is 3. The minimum Gasteiger partial charge on any atom is -0.393 e. The molecule has 2 fully saturated rings. The number of carbonyl (C=O) groups excluding carboxylic acids is 1. The summed E-state index contributed by atoms with van der Waals surface area (Å²) in [5, 5.41) is 21.5. The second kappa shape index (κ2) is 20.6. The lowest BCUT2D eigenvalue weighted by molar-refractivity contribution is -0.135. The third kappa shape index (κ3) is 12.1. The monoisotopic (exact) mass is 673 g/mol. The van der Waals surface area contributed by atoms with Gasteiger partial charge in [0.05, 0.1) is 58.0 Å². The Labute approximate surface area is 282 Å². The van der Waals surface area contributed by atoms with Gasteiger partial charge in [-0.05, 0) is 32.7 Å². The molecule has 17 heteroatoms. The van der Waals surface area contributed by atoms with Gasteiger partial charge >= 0.3 is 0 Å². The van der Waals surface area contributed by atoms with Gasteiger partial charge in [-0.1, -0.05) is 11.1 Å². The molecule has 1 unspecified atom stereocenters. The number of rotatable bonds is 21. The van der Waals surface area contributed by atoms with Gasteiger partial charge in [0.2, 0.25) is 23.8 Å². The van der Waals surface area contributed by atoms with E-state index in [1.54, 1.807) is 17.8 Å². The number of amides is 1. The van der Waals surface area contributed by atoms with Crippen LogP contribution in [-0.4, -0.2) is 157 Å². The number of aliphatic hydroxyl groups is 1. The molecule has 0 saturated carbocycles. The van der Waals surface area contributed by atoms with Crippen LogP contribution in [0.5, 0.6) is 0 Å². The third-order valence-corrected chi connectivity index (χ3v) is 7.84. The predicted molar refractivity (Wildman–Crippen MR) is 179 cm³/mol. The number of morpholine rings is 1. The van der Waals surface area contributed by atoms with Crippen LogP contribution in [0.15, 0.2) is 6.20 Å². The van der Waals surface area contributed by atoms with Crippen molar-refractivity contribution in [2.45, 2.75) is 44.8 Å². The van der Waals surface area contributed by atoms with Crippen LogP contribution in [0.1, 0.15) is 37.9 Å². The number of ether oxygens (including phenoxy) is 4. The largest absolute Gasteiger partial charge is 0.393 e. The van der Waals surface area contributed by atoms with Gasteiger partial charge in [0.25, 0.3) is 0 Å². The van der Waals surface area contributed by atoms with Crippen molar-refractivity contribution >= 4 is 23.8 Å². The van der Waals surface area contributed by atoms with Crippen molar-refractivity contribution in [3.63, 3.8) is 0 Å². The fraction of sp³-hybridized carbons (Fsp3) is 0.742. The number of anilines is 3. The van der Waals surface area contributed by atoms with Gasteiger partial charge in [-0.3, -0.25) is 4.79 Å². The summed E-state index contributed by atoms with van der Waals surface area (Å²) in [6.45, 7) is 10.1. The van der Waals surface area contributed by atoms with Gasteiger partial charge in [0.15, 0.2) is 0 Å². The zero-order valence-corrected chi connectivity index (χ0v) is 28.0. The summed E-state index contributed by atoms with van der Waals surface area (Å²) in [5.41, 5.74) is 6.38. The van der Waals surface area contributed by atoms with Gasteiger partial charge in [0.1, 0.15) is 12.6 Å². The molecule has 0 aliphatic carbocycles. The maximum Gasteiger partial charge on any atom is 0.247 e. The fourth-order valence-corrected chi connectivity index (χ4v) is 5.34. The van der Waals surface area contributed by atoms with Crippen LogP contribution in [0.2, 0.25) is 0 Å². The number of nitrogens with two attached hydrogens (primary N) is 1. The third-order valence-electron chi connectivity index (χ3n) is 7.84. The Morgan fingerprint density at radius 2 is 1.67 bits per heavy atom. The van der Waals surface area contributed by atoms with Crippen LogP contribution < -0.4 is 20.9 Å². The highest BCUT2D eigenvalue weighted by molar-refractivity contribution is 5.80. The summed E-state index contributed by atoms with van der Waals surface area (Å²) in [4.78, 5) is 34.1. The first kappa shape index (κ1) is 37.2. The maximum absolute atomic E-state index is 13.8. The lowest BCUT2D eigenvalue weighted by Crippen LogP contribution is -2.51. The number of aromatic nitrogens is 6. The molecule has 2 saturated heterocycles. The van der Waals surface area contributed by atoms with Crippen molar-refractivity contribution in [3.05, 3.63) is 11.9 Å². The molecule has 4 N–H and O–H groups in total. The SMILES string of the molecule is C#CCOCCOCCOCCNc1nc(N2CCOCC2)nc(N2CCN(C(=O)[C@H](CCCCN)n3cc(CC(C)O)nn3)CC2)n1. The normalized spacial score (nSPS) is 16.5. The van der Waals surface area contributed by atoms with E-state index in [1.807, 2.05) is 4.90 Å². The molecule has 2 atom stereocenters. The first-order valence-corrected chi connectivity index (χ1v) is 16.8. The Balaban J connectivity index is 1.33. The molecule has 2 aromatic rings. The van der Waals surface area contributed by atoms with E-state index >= 15 is 0 Å². The Morgan fingerprint density at radius 3 is 2.33 bits per heavy atom. The van der Waals surface area contributed by atoms with E-state index in [4.69, 9.17) is 41.1 Å². The molecular weight excluding hydrogens is 622 g/mol. The molecule has 4 rings (SSSR count). The maximum atomic E-state index is 13.8. The van der Waals surface area contributed by atoms with Crippen LogP contribution in [-0.2, 0) is 30.2 Å². The molecule has 1 amide bonds. The molecule has 2 aromatic heterocycles. The van der Waals surface area contributed by atoms with Gasteiger partial charge in [0, 0.05) is 58.4 Å². The Morgan fingerprint density at radius 1 is 1.00 bits per heavy atom. The van der Waals surface area contributed by atoms with Crippen LogP contribution in [0.3, 0.4) is 0 Å². The predicted octanol–water partition coefficient (Wildman–Crippen LogP) is -0.663. The second-order valence-electron chi connectivity index (χ2n) is 11.6. The highest BCUT2D eigenvalue weighted by Crippen LogP contribution is 2.22. The molecular formula is C31H51N11O6. The zero-order chi connectivity index (χ0) is 34.0. The van der Waals surface area contributed by atoms with E-state index in [0.717, 1.165) is 12.8 Å². The van der Waals surface area contributed by atoms with E-state index in [9.17, 15) is 9.90 Å². The number of unbranched alkanes of at least 4 members (excludes halogenated alkanes) is 1. The zero-order valence-electron chi connectivity index (χ0n) is 28.0. The molecule has 48 heavy (non-hydrogen) atoms. The smallest absolute Gasteiger partial charge is 0.247 e. The lowest BCUT2D eigenvalue weighted by Gasteiger charge is -2.36. The minimum absolute atomic E-state index is 0.00481. The van der Waals surface area contributed by atoms with Crippen LogP contribution >= 0.6 is 0 Å². The van der Waals surface area contributed by atoms with Crippen molar-refractivity contribution in [1.82, 2.24) is 34.8 Å². The van der Waals surface area contributed by atoms with E-state index < -0.39 is 12.1 Å². The molecule has 4 heterocycles. The van der Waals surface area contributed by atoms with Gasteiger partial charge in [-0.2, -0.15) is 15.0 Å². The van der Waals surface area contributed by atoms with Gasteiger partial charge in [-0.25, -0.2) is 4.68 Å². The lowest BCUT2D eigenvalue weighted by atomic mass is 10.1. The fourth-order valence-electron chi connectivity index (χ4n) is 5.34. The van der Waals surface area contributed by atoms with E-state index in [-0.39, 0.29) is 12.5 Å². The van der Waals surface area contributed by atoms with Gasteiger partial charge < -0.3 is 49.8 Å². The molecule has 266 valence electrons. The van der Waals surface area contributed by atoms with Crippen molar-refractivity contribution in [2.24, 2.45) is 5.73 Å². The van der Waals surface area contributed by atoms with Crippen molar-refractivity contribution in [1.29, 1.82) is 0 Å². The molecule has 2 aliphatic heterocycles. The molecule has 17 nitrogen and oxygen atoms in total. The number of nitrogens with one attached hydrogen (secondary N) is 1. The summed E-state index contributed by atoms with van der Waals surface area (Å²) < 4.78 is 23.5. The first-order valence-electron chi connectivity index (χ1n) is 16.8. The van der Waals surface area contributed by atoms with Crippen LogP contribution in [0, 0.1) is 12.3 Å². The van der Waals surface area contributed by atoms with E-state index in [1.165, 1.54) is 0 Å². The molecule has 0 bridgehead atoms. The number of nitrogens with zero attached hydrogens (tertiary/aromatic N) is 9. The first-order chi connectivity index (χ1) is 23.5. The second-order valence-corrected chi connectivity index (χ2v) is 11.6.